The standard InChI is InChI=1S/C4H7O.Pb/c1-2-3-4-5;/h4H,1-3H2;. The van der Waals surface area contributed by atoms with E-state index < -0.39 is 0 Å². The Bertz CT molecular complexity index is 36.5. The summed E-state index contributed by atoms with van der Waals surface area (Å²) < 4.78 is 1.26. The summed E-state index contributed by atoms with van der Waals surface area (Å²) in [5.74, 6) is 0. The van der Waals surface area contributed by atoms with Gasteiger partial charge in [0.2, 0.25) is 0 Å². The van der Waals surface area contributed by atoms with Crippen molar-refractivity contribution in [3.8, 4) is 0 Å². The molecule has 0 aliphatic carbocycles. The third kappa shape index (κ3) is 4.59. The summed E-state index contributed by atoms with van der Waals surface area (Å²) in [7, 11) is 0. The predicted molar refractivity (Wildman–Crippen MR) is 25.9 cm³/mol. The molecular formula is C4H7OPb. The van der Waals surface area contributed by atoms with E-state index in [0.29, 0.717) is 0 Å². The van der Waals surface area contributed by atoms with E-state index in [9.17, 15) is 4.79 Å². The van der Waals surface area contributed by atoms with Gasteiger partial charge in [-0.05, 0) is 0 Å². The van der Waals surface area contributed by atoms with Crippen molar-refractivity contribution in [2.45, 2.75) is 16.8 Å². The average Bonchev–Trinajstić information content (AvgIpc) is 1.61. The zero-order valence-corrected chi connectivity index (χ0v) is 7.49. The second kappa shape index (κ2) is 5.59. The molecular weight excluding hydrogens is 271 g/mol. The molecule has 0 aliphatic heterocycles. The van der Waals surface area contributed by atoms with Gasteiger partial charge in [-0.2, -0.15) is 0 Å². The molecule has 0 aliphatic rings. The van der Waals surface area contributed by atoms with Crippen LogP contribution in [0.3, 0.4) is 0 Å². The fraction of sp³-hybridized carbons (Fsp3) is 0.750. The molecule has 0 bridgehead atoms. The second-order valence-electron chi connectivity index (χ2n) is 1.06. The van der Waals surface area contributed by atoms with Crippen LogP contribution in [0, 0.1) is 0 Å². The fourth-order valence-corrected chi connectivity index (χ4v) is 0.979. The van der Waals surface area contributed by atoms with E-state index in [-0.39, 0.29) is 0 Å². The molecule has 0 aromatic rings. The maximum atomic E-state index is 9.58. The number of hydrogen-bond donors (Lipinski definition) is 0. The van der Waals surface area contributed by atoms with E-state index in [1.807, 2.05) is 0 Å². The molecule has 0 saturated heterocycles. The van der Waals surface area contributed by atoms with Gasteiger partial charge in [0.05, 0.1) is 0 Å². The van der Waals surface area contributed by atoms with Crippen molar-refractivity contribution in [2.75, 3.05) is 0 Å². The first-order valence-electron chi connectivity index (χ1n) is 2.00. The monoisotopic (exact) mass is 279 g/mol. The molecule has 0 saturated carbocycles. The van der Waals surface area contributed by atoms with Gasteiger partial charge < -0.3 is 0 Å². The Morgan fingerprint density at radius 3 is 2.50 bits per heavy atom. The van der Waals surface area contributed by atoms with Crippen LogP contribution in [0.1, 0.15) is 12.8 Å². The Hall–Kier alpha value is 0.592. The minimum absolute atomic E-state index is 0.767. The molecule has 2 heteroatoms. The summed E-state index contributed by atoms with van der Waals surface area (Å²) in [6, 6.07) is 0. The first-order chi connectivity index (χ1) is 2.91. The van der Waals surface area contributed by atoms with Crippen molar-refractivity contribution >= 4 is 32.1 Å². The van der Waals surface area contributed by atoms with Gasteiger partial charge in [0.15, 0.2) is 0 Å². The van der Waals surface area contributed by atoms with Gasteiger partial charge in [0.25, 0.3) is 0 Å². The number of unbranched alkanes of at least 4 members (excludes halogenated alkanes) is 1. The van der Waals surface area contributed by atoms with Crippen molar-refractivity contribution in [2.24, 2.45) is 0 Å². The van der Waals surface area contributed by atoms with Gasteiger partial charge in [-0.3, -0.25) is 0 Å². The molecule has 0 aromatic carbocycles. The molecule has 0 spiro atoms. The molecule has 0 unspecified atom stereocenters. The first kappa shape index (κ1) is 6.59. The number of hydrogen-bond acceptors (Lipinski definition) is 1. The Morgan fingerprint density at radius 2 is 2.33 bits per heavy atom. The third-order valence-corrected chi connectivity index (χ3v) is 1.87. The Labute approximate surface area is 53.8 Å². The summed E-state index contributed by atoms with van der Waals surface area (Å²) >= 11 is 1.24. The molecule has 6 heavy (non-hydrogen) atoms. The number of carbonyl (C=O) groups excluding carboxylic acids is 1. The molecule has 1 nitrogen and oxygen atoms in total. The van der Waals surface area contributed by atoms with E-state index in [1.165, 1.54) is 29.7 Å². The molecule has 0 amide bonds. The normalized spacial score (nSPS) is 8.17. The first-order valence-corrected chi connectivity index (χ1v) is 4.75. The Balaban J connectivity index is 2.49. The SMILES string of the molecule is O=CCC[CH2][Pb]. The molecule has 0 aromatic heterocycles. The van der Waals surface area contributed by atoms with Crippen molar-refractivity contribution in [1.82, 2.24) is 0 Å². The molecule has 0 rings (SSSR count). The van der Waals surface area contributed by atoms with E-state index in [2.05, 4.69) is 0 Å². The number of carbonyl (C=O) groups is 1. The van der Waals surface area contributed by atoms with Crippen LogP contribution in [-0.4, -0.2) is 32.1 Å². The average molecular weight is 278 g/mol. The van der Waals surface area contributed by atoms with E-state index >= 15 is 0 Å². The molecule has 33 valence electrons. The molecule has 0 atom stereocenters. The van der Waals surface area contributed by atoms with Crippen LogP contribution in [0.2, 0.25) is 3.98 Å². The van der Waals surface area contributed by atoms with Gasteiger partial charge >= 0.3 is 53.7 Å². The van der Waals surface area contributed by atoms with Crippen molar-refractivity contribution in [1.29, 1.82) is 0 Å². The molecule has 0 fully saturated rings. The van der Waals surface area contributed by atoms with E-state index in [4.69, 9.17) is 0 Å². The number of aldehydes is 1. The van der Waals surface area contributed by atoms with Crippen LogP contribution in [0.4, 0.5) is 0 Å². The van der Waals surface area contributed by atoms with Gasteiger partial charge in [-0.15, -0.1) is 0 Å². The summed E-state index contributed by atoms with van der Waals surface area (Å²) in [6.45, 7) is 0. The van der Waals surface area contributed by atoms with E-state index in [0.717, 1.165) is 19.1 Å². The predicted octanol–water partition coefficient (Wildman–Crippen LogP) is 0.552. The molecule has 0 N–H and O–H groups in total. The Morgan fingerprint density at radius 1 is 1.67 bits per heavy atom. The zero-order chi connectivity index (χ0) is 4.83. The van der Waals surface area contributed by atoms with Crippen LogP contribution in [0.15, 0.2) is 0 Å². The minimum atomic E-state index is 0.767. The van der Waals surface area contributed by atoms with E-state index in [1.54, 1.807) is 0 Å². The topological polar surface area (TPSA) is 17.1 Å². The number of rotatable bonds is 3. The van der Waals surface area contributed by atoms with Crippen LogP contribution in [0.5, 0.6) is 0 Å². The van der Waals surface area contributed by atoms with Crippen LogP contribution in [0.25, 0.3) is 0 Å². The maximum absolute atomic E-state index is 9.58. The van der Waals surface area contributed by atoms with Gasteiger partial charge in [0, 0.05) is 0 Å². The molecule has 0 heterocycles. The second-order valence-corrected chi connectivity index (χ2v) is 3.00. The molecule has 3 radical (unpaired) electrons. The van der Waals surface area contributed by atoms with Gasteiger partial charge in [-0.1, -0.05) is 0 Å². The fourth-order valence-electron chi connectivity index (χ4n) is 0.185. The van der Waals surface area contributed by atoms with Crippen molar-refractivity contribution in [3.05, 3.63) is 0 Å². The zero-order valence-electron chi connectivity index (χ0n) is 3.61. The van der Waals surface area contributed by atoms with Crippen molar-refractivity contribution in [3.63, 3.8) is 0 Å². The summed E-state index contributed by atoms with van der Waals surface area (Å²) in [6.07, 6.45) is 2.86. The van der Waals surface area contributed by atoms with Crippen molar-refractivity contribution < 1.29 is 4.79 Å². The van der Waals surface area contributed by atoms with Crippen LogP contribution in [-0.2, 0) is 4.79 Å². The van der Waals surface area contributed by atoms with Crippen LogP contribution >= 0.6 is 0 Å². The van der Waals surface area contributed by atoms with Crippen LogP contribution < -0.4 is 0 Å². The third-order valence-electron chi connectivity index (χ3n) is 0.499. The Kier molecular flexibility index (Phi) is 6.14. The summed E-state index contributed by atoms with van der Waals surface area (Å²) in [4.78, 5) is 9.58. The van der Waals surface area contributed by atoms with Gasteiger partial charge in [0.1, 0.15) is 0 Å². The summed E-state index contributed by atoms with van der Waals surface area (Å²) in [5.41, 5.74) is 0. The quantitative estimate of drug-likeness (QED) is 0.419. The van der Waals surface area contributed by atoms with Gasteiger partial charge in [-0.25, -0.2) is 0 Å². The summed E-state index contributed by atoms with van der Waals surface area (Å²) in [5, 5.41) is 0.